The summed E-state index contributed by atoms with van der Waals surface area (Å²) in [5.41, 5.74) is 0. The van der Waals surface area contributed by atoms with Crippen LogP contribution in [0.15, 0.2) is 0 Å². The Labute approximate surface area is 77.6 Å². The van der Waals surface area contributed by atoms with Crippen LogP contribution in [0, 0.1) is 28.5 Å². The zero-order chi connectivity index (χ0) is 4.50. The molecule has 1 nitrogen and oxygen atoms in total. The standard InChI is InChI=1S/C3H8OS.3CH3.Au/c1-5(2,3)4;;;;/h1H2,2-3H3;3*1H3;/q;3*-1;+3. The van der Waals surface area contributed by atoms with Gasteiger partial charge in [0.2, 0.25) is 0 Å². The zero-order valence-corrected chi connectivity index (χ0v) is 9.81. The fourth-order valence-corrected chi connectivity index (χ4v) is 0. The van der Waals surface area contributed by atoms with Gasteiger partial charge in [0, 0.05) is 0 Å². The largest absolute Gasteiger partial charge is 3.00 e. The van der Waals surface area contributed by atoms with Gasteiger partial charge in [0.15, 0.2) is 0 Å². The van der Waals surface area contributed by atoms with E-state index in [0.717, 1.165) is 0 Å². The SMILES string of the molecule is [Au+3].[CH2-][S+](C)(C)=O.[CH3-].[CH3-].[CH3-]. The summed E-state index contributed by atoms with van der Waals surface area (Å²) < 4.78 is 10.1. The van der Waals surface area contributed by atoms with Gasteiger partial charge in [-0.3, -0.25) is 0 Å². The average Bonchev–Trinajstić information content (AvgIpc) is 0.722. The molecule has 0 spiro atoms. The quantitative estimate of drug-likeness (QED) is 0.376. The molecule has 0 aliphatic rings. The van der Waals surface area contributed by atoms with Crippen molar-refractivity contribution in [2.45, 2.75) is 0 Å². The fourth-order valence-electron chi connectivity index (χ4n) is 0. The van der Waals surface area contributed by atoms with E-state index in [2.05, 4.69) is 6.26 Å². The van der Waals surface area contributed by atoms with Crippen molar-refractivity contribution >= 4 is 9.93 Å². The molecule has 0 aromatic heterocycles. The van der Waals surface area contributed by atoms with Gasteiger partial charge < -0.3 is 22.3 Å². The predicted octanol–water partition coefficient (Wildman–Crippen LogP) is 1.89. The molecular formula is C6H17AuOS. The third-order valence-electron chi connectivity index (χ3n) is 0. The molecule has 0 aromatic carbocycles. The predicted molar refractivity (Wildman–Crippen MR) is 44.5 cm³/mol. The average molecular weight is 334 g/mol. The van der Waals surface area contributed by atoms with Gasteiger partial charge in [0.1, 0.15) is 0 Å². The molecule has 9 heavy (non-hydrogen) atoms. The summed E-state index contributed by atoms with van der Waals surface area (Å²) >= 11 is 0. The van der Waals surface area contributed by atoms with Crippen LogP contribution in [0.2, 0.25) is 0 Å². The summed E-state index contributed by atoms with van der Waals surface area (Å²) in [4.78, 5) is 0. The van der Waals surface area contributed by atoms with Gasteiger partial charge in [0.05, 0.1) is 12.5 Å². The van der Waals surface area contributed by atoms with Crippen molar-refractivity contribution in [3.63, 3.8) is 0 Å². The minimum Gasteiger partial charge on any atom is -0.358 e. The summed E-state index contributed by atoms with van der Waals surface area (Å²) in [5.74, 6) is 0. The maximum atomic E-state index is 10.1. The molecule has 0 aliphatic carbocycles. The minimum atomic E-state index is -1.67. The number of rotatable bonds is 0. The van der Waals surface area contributed by atoms with E-state index in [1.165, 1.54) is 0 Å². The Hall–Kier alpha value is 0.890. The van der Waals surface area contributed by atoms with E-state index < -0.39 is 9.93 Å². The maximum absolute atomic E-state index is 10.1. The van der Waals surface area contributed by atoms with Gasteiger partial charge in [-0.05, 0) is 0 Å². The smallest absolute Gasteiger partial charge is 0.358 e. The van der Waals surface area contributed by atoms with E-state index >= 15 is 0 Å². The van der Waals surface area contributed by atoms with Gasteiger partial charge in [-0.1, -0.05) is 9.93 Å². The van der Waals surface area contributed by atoms with Crippen molar-refractivity contribution in [1.29, 1.82) is 0 Å². The normalized spacial score (nSPS) is 6.56. The first kappa shape index (κ1) is 32.7. The van der Waals surface area contributed by atoms with Crippen molar-refractivity contribution in [2.75, 3.05) is 12.5 Å². The minimum absolute atomic E-state index is 0. The van der Waals surface area contributed by atoms with E-state index in [1.54, 1.807) is 12.5 Å². The Morgan fingerprint density at radius 1 is 1.11 bits per heavy atom. The summed E-state index contributed by atoms with van der Waals surface area (Å²) in [6.45, 7) is 0. The van der Waals surface area contributed by atoms with Crippen LogP contribution in [0.1, 0.15) is 0 Å². The van der Waals surface area contributed by atoms with E-state index in [-0.39, 0.29) is 44.7 Å². The molecule has 64 valence electrons. The summed E-state index contributed by atoms with van der Waals surface area (Å²) in [6, 6.07) is 0. The second kappa shape index (κ2) is 11.7. The Bertz CT molecular complexity index is 59.2. The van der Waals surface area contributed by atoms with Crippen LogP contribution in [0.3, 0.4) is 0 Å². The summed E-state index contributed by atoms with van der Waals surface area (Å²) in [6.07, 6.45) is 6.51. The first-order valence-electron chi connectivity index (χ1n) is 1.27. The van der Waals surface area contributed by atoms with Crippen molar-refractivity contribution < 1.29 is 26.6 Å². The molecule has 0 atom stereocenters. The monoisotopic (exact) mass is 334 g/mol. The van der Waals surface area contributed by atoms with E-state index in [9.17, 15) is 4.21 Å². The van der Waals surface area contributed by atoms with Crippen LogP contribution >= 0.6 is 0 Å². The molecule has 0 bridgehead atoms. The molecule has 0 heterocycles. The third kappa shape index (κ3) is 533. The summed E-state index contributed by atoms with van der Waals surface area (Å²) in [7, 11) is -1.67. The van der Waals surface area contributed by atoms with Gasteiger partial charge in [-0.2, -0.15) is 0 Å². The van der Waals surface area contributed by atoms with Crippen molar-refractivity contribution in [2.24, 2.45) is 0 Å². The first-order valence-corrected chi connectivity index (χ1v) is 3.82. The Morgan fingerprint density at radius 2 is 1.11 bits per heavy atom. The molecule has 0 amide bonds. The molecule has 0 N–H and O–H groups in total. The Balaban J connectivity index is -0.0000000133. The first-order chi connectivity index (χ1) is 2.00. The van der Waals surface area contributed by atoms with Gasteiger partial charge in [-0.15, -0.1) is 10.5 Å². The van der Waals surface area contributed by atoms with Crippen LogP contribution in [0.5, 0.6) is 0 Å². The third-order valence-corrected chi connectivity index (χ3v) is 0. The van der Waals surface area contributed by atoms with E-state index in [4.69, 9.17) is 0 Å². The van der Waals surface area contributed by atoms with Crippen LogP contribution in [0.25, 0.3) is 0 Å². The molecule has 0 radical (unpaired) electrons. The van der Waals surface area contributed by atoms with E-state index in [1.807, 2.05) is 0 Å². The van der Waals surface area contributed by atoms with Crippen molar-refractivity contribution in [3.05, 3.63) is 28.5 Å². The van der Waals surface area contributed by atoms with Crippen LogP contribution < -0.4 is 0 Å². The summed E-state index contributed by atoms with van der Waals surface area (Å²) in [5, 5.41) is 0. The second-order valence-electron chi connectivity index (χ2n) is 1.44. The molecule has 0 aliphatic heterocycles. The topological polar surface area (TPSA) is 17.1 Å². The molecule has 0 aromatic rings. The Morgan fingerprint density at radius 3 is 1.11 bits per heavy atom. The molecule has 0 rings (SSSR count). The molecule has 3 heteroatoms. The van der Waals surface area contributed by atoms with Crippen LogP contribution in [-0.4, -0.2) is 12.5 Å². The second-order valence-corrected chi connectivity index (χ2v) is 4.31. The number of hydrogen-bond acceptors (Lipinski definition) is 1. The van der Waals surface area contributed by atoms with Crippen LogP contribution in [-0.2, 0) is 36.5 Å². The van der Waals surface area contributed by atoms with Crippen molar-refractivity contribution in [1.82, 2.24) is 0 Å². The molecule has 0 unspecified atom stereocenters. The molecule has 0 saturated carbocycles. The van der Waals surface area contributed by atoms with Crippen molar-refractivity contribution in [3.8, 4) is 0 Å². The molecule has 0 fully saturated rings. The maximum Gasteiger partial charge on any atom is 3.00 e. The Kier molecular flexibility index (Phi) is 42.3. The van der Waals surface area contributed by atoms with E-state index in [0.29, 0.717) is 0 Å². The number of hydrogen-bond donors (Lipinski definition) is 0. The zero-order valence-electron chi connectivity index (χ0n) is 6.83. The van der Waals surface area contributed by atoms with Crippen LogP contribution in [0.4, 0.5) is 0 Å². The fraction of sp³-hybridized carbons (Fsp3) is 0.333. The molecular weight excluding hydrogens is 317 g/mol. The van der Waals surface area contributed by atoms with Gasteiger partial charge >= 0.3 is 22.4 Å². The molecule has 0 saturated heterocycles. The van der Waals surface area contributed by atoms with Gasteiger partial charge in [0.25, 0.3) is 0 Å². The van der Waals surface area contributed by atoms with Gasteiger partial charge in [-0.25, -0.2) is 0 Å².